The van der Waals surface area contributed by atoms with E-state index in [1.165, 1.54) is 29.5 Å². The van der Waals surface area contributed by atoms with Gasteiger partial charge in [0.05, 0.1) is 0 Å². The Morgan fingerprint density at radius 1 is 1.29 bits per heavy atom. The molecule has 2 aromatic rings. The summed E-state index contributed by atoms with van der Waals surface area (Å²) in [6, 6.07) is 6.06. The Morgan fingerprint density at radius 3 is 2.53 bits per heavy atom. The van der Waals surface area contributed by atoms with Crippen molar-refractivity contribution in [2.45, 2.75) is 20.0 Å². The summed E-state index contributed by atoms with van der Waals surface area (Å²) in [7, 11) is 0. The Kier molecular flexibility index (Phi) is 3.52. The Bertz CT molecular complexity index is 550. The first kappa shape index (κ1) is 12.6. The standard InChI is InChI=1S/C13H12ClFOS/c1-7-5-8(2)17-13(7)12(16)10-4-3-9(15)6-11(10)14/h3-6,12,16H,1-2H3. The summed E-state index contributed by atoms with van der Waals surface area (Å²) < 4.78 is 12.9. The van der Waals surface area contributed by atoms with Gasteiger partial charge < -0.3 is 5.11 Å². The number of hydrogen-bond acceptors (Lipinski definition) is 2. The summed E-state index contributed by atoms with van der Waals surface area (Å²) in [5.74, 6) is -0.398. The van der Waals surface area contributed by atoms with E-state index in [4.69, 9.17) is 11.6 Å². The first-order valence-electron chi connectivity index (χ1n) is 5.19. The molecule has 1 heterocycles. The molecule has 1 aromatic heterocycles. The molecule has 0 saturated heterocycles. The van der Waals surface area contributed by atoms with Crippen molar-refractivity contribution in [1.82, 2.24) is 0 Å². The quantitative estimate of drug-likeness (QED) is 0.865. The third-order valence-electron chi connectivity index (χ3n) is 2.58. The number of hydrogen-bond donors (Lipinski definition) is 1. The van der Waals surface area contributed by atoms with Gasteiger partial charge in [-0.2, -0.15) is 0 Å². The first-order chi connectivity index (χ1) is 7.99. The highest BCUT2D eigenvalue weighted by atomic mass is 35.5. The lowest BCUT2D eigenvalue weighted by atomic mass is 10.1. The highest BCUT2D eigenvalue weighted by molar-refractivity contribution is 7.12. The molecule has 1 atom stereocenters. The van der Waals surface area contributed by atoms with Crippen LogP contribution >= 0.6 is 22.9 Å². The van der Waals surface area contributed by atoms with Gasteiger partial charge in [-0.3, -0.25) is 0 Å². The molecule has 4 heteroatoms. The van der Waals surface area contributed by atoms with Gasteiger partial charge in [-0.05, 0) is 37.6 Å². The number of thiophene rings is 1. The summed E-state index contributed by atoms with van der Waals surface area (Å²) in [5.41, 5.74) is 1.57. The van der Waals surface area contributed by atoms with E-state index in [1.54, 1.807) is 0 Å². The van der Waals surface area contributed by atoms with E-state index in [1.807, 2.05) is 19.9 Å². The molecule has 1 N–H and O–H groups in total. The number of halogens is 2. The van der Waals surface area contributed by atoms with Gasteiger partial charge in [0.2, 0.25) is 0 Å². The fraction of sp³-hybridized carbons (Fsp3) is 0.231. The van der Waals surface area contributed by atoms with Gasteiger partial charge in [0.1, 0.15) is 11.9 Å². The molecule has 0 aliphatic heterocycles. The highest BCUT2D eigenvalue weighted by Crippen LogP contribution is 2.34. The Morgan fingerprint density at radius 2 is 2.00 bits per heavy atom. The second-order valence-electron chi connectivity index (χ2n) is 3.97. The molecule has 2 rings (SSSR count). The van der Waals surface area contributed by atoms with Crippen LogP contribution in [0.15, 0.2) is 24.3 Å². The molecule has 0 aliphatic rings. The number of aliphatic hydroxyl groups excluding tert-OH is 1. The van der Waals surface area contributed by atoms with Gasteiger partial charge in [0.15, 0.2) is 0 Å². The van der Waals surface area contributed by atoms with Crippen molar-refractivity contribution in [2.75, 3.05) is 0 Å². The summed E-state index contributed by atoms with van der Waals surface area (Å²) in [6.07, 6.45) is -0.790. The molecular weight excluding hydrogens is 259 g/mol. The lowest BCUT2D eigenvalue weighted by Crippen LogP contribution is -2.00. The predicted octanol–water partition coefficient (Wildman–Crippen LogP) is 4.24. The van der Waals surface area contributed by atoms with Crippen LogP contribution < -0.4 is 0 Å². The van der Waals surface area contributed by atoms with Crippen LogP contribution in [-0.4, -0.2) is 5.11 Å². The Hall–Kier alpha value is -0.900. The fourth-order valence-corrected chi connectivity index (χ4v) is 3.11. The molecule has 0 spiro atoms. The number of rotatable bonds is 2. The SMILES string of the molecule is Cc1cc(C)c(C(O)c2ccc(F)cc2Cl)s1. The lowest BCUT2D eigenvalue weighted by Gasteiger charge is -2.12. The van der Waals surface area contributed by atoms with Crippen molar-refractivity contribution in [2.24, 2.45) is 0 Å². The van der Waals surface area contributed by atoms with Crippen LogP contribution in [-0.2, 0) is 0 Å². The van der Waals surface area contributed by atoms with E-state index in [-0.39, 0.29) is 5.02 Å². The van der Waals surface area contributed by atoms with Crippen molar-refractivity contribution >= 4 is 22.9 Å². The number of benzene rings is 1. The normalized spacial score (nSPS) is 12.8. The molecule has 0 radical (unpaired) electrons. The van der Waals surface area contributed by atoms with Crippen LogP contribution in [0.3, 0.4) is 0 Å². The molecule has 0 saturated carbocycles. The zero-order valence-corrected chi connectivity index (χ0v) is 11.1. The maximum absolute atomic E-state index is 12.9. The van der Waals surface area contributed by atoms with Crippen LogP contribution in [0.25, 0.3) is 0 Å². The summed E-state index contributed by atoms with van der Waals surface area (Å²) in [6.45, 7) is 3.93. The molecule has 0 fully saturated rings. The minimum atomic E-state index is -0.790. The topological polar surface area (TPSA) is 20.2 Å². The van der Waals surface area contributed by atoms with Gasteiger partial charge in [-0.25, -0.2) is 4.39 Å². The van der Waals surface area contributed by atoms with Crippen LogP contribution in [0.4, 0.5) is 4.39 Å². The fourth-order valence-electron chi connectivity index (χ4n) is 1.80. The van der Waals surface area contributed by atoms with E-state index < -0.39 is 11.9 Å². The minimum Gasteiger partial charge on any atom is -0.383 e. The smallest absolute Gasteiger partial charge is 0.124 e. The molecule has 90 valence electrons. The molecule has 1 unspecified atom stereocenters. The summed E-state index contributed by atoms with van der Waals surface area (Å²) in [4.78, 5) is 1.99. The number of aryl methyl sites for hydroxylation is 2. The molecule has 1 nitrogen and oxygen atoms in total. The molecule has 17 heavy (non-hydrogen) atoms. The third kappa shape index (κ3) is 2.51. The first-order valence-corrected chi connectivity index (χ1v) is 6.38. The van der Waals surface area contributed by atoms with Gasteiger partial charge in [-0.1, -0.05) is 17.7 Å². The molecule has 0 bridgehead atoms. The lowest BCUT2D eigenvalue weighted by molar-refractivity contribution is 0.223. The molecule has 0 aliphatic carbocycles. The van der Waals surface area contributed by atoms with Gasteiger partial charge in [0, 0.05) is 20.3 Å². The maximum atomic E-state index is 12.9. The Balaban J connectivity index is 2.43. The maximum Gasteiger partial charge on any atom is 0.124 e. The van der Waals surface area contributed by atoms with Crippen LogP contribution in [0, 0.1) is 19.7 Å². The van der Waals surface area contributed by atoms with Crippen LogP contribution in [0.1, 0.15) is 27.0 Å². The largest absolute Gasteiger partial charge is 0.383 e. The van der Waals surface area contributed by atoms with E-state index in [0.717, 1.165) is 15.3 Å². The average molecular weight is 271 g/mol. The predicted molar refractivity (Wildman–Crippen MR) is 69.3 cm³/mol. The number of aliphatic hydroxyl groups is 1. The van der Waals surface area contributed by atoms with E-state index in [2.05, 4.69) is 0 Å². The van der Waals surface area contributed by atoms with Gasteiger partial charge in [0.25, 0.3) is 0 Å². The van der Waals surface area contributed by atoms with E-state index in [9.17, 15) is 9.50 Å². The molecule has 0 amide bonds. The zero-order chi connectivity index (χ0) is 12.6. The Labute approximate surface area is 108 Å². The average Bonchev–Trinajstić information content (AvgIpc) is 2.57. The van der Waals surface area contributed by atoms with Crippen molar-refractivity contribution < 1.29 is 9.50 Å². The molecular formula is C13H12ClFOS. The van der Waals surface area contributed by atoms with E-state index in [0.29, 0.717) is 5.56 Å². The highest BCUT2D eigenvalue weighted by Gasteiger charge is 2.18. The third-order valence-corrected chi connectivity index (χ3v) is 4.12. The van der Waals surface area contributed by atoms with Crippen molar-refractivity contribution in [3.63, 3.8) is 0 Å². The monoisotopic (exact) mass is 270 g/mol. The van der Waals surface area contributed by atoms with Crippen molar-refractivity contribution in [3.05, 3.63) is 56.0 Å². The van der Waals surface area contributed by atoms with Gasteiger partial charge >= 0.3 is 0 Å². The minimum absolute atomic E-state index is 0.253. The second kappa shape index (κ2) is 4.77. The summed E-state index contributed by atoms with van der Waals surface area (Å²) >= 11 is 7.47. The molecule has 1 aromatic carbocycles. The zero-order valence-electron chi connectivity index (χ0n) is 9.50. The summed E-state index contributed by atoms with van der Waals surface area (Å²) in [5, 5.41) is 10.5. The van der Waals surface area contributed by atoms with Gasteiger partial charge in [-0.15, -0.1) is 11.3 Å². The van der Waals surface area contributed by atoms with Crippen molar-refractivity contribution in [3.8, 4) is 0 Å². The van der Waals surface area contributed by atoms with Crippen molar-refractivity contribution in [1.29, 1.82) is 0 Å². The van der Waals surface area contributed by atoms with E-state index >= 15 is 0 Å². The van der Waals surface area contributed by atoms with Crippen LogP contribution in [0.2, 0.25) is 5.02 Å². The van der Waals surface area contributed by atoms with Crippen LogP contribution in [0.5, 0.6) is 0 Å². The second-order valence-corrected chi connectivity index (χ2v) is 5.67.